The Bertz CT molecular complexity index is 761. The predicted octanol–water partition coefficient (Wildman–Crippen LogP) is 2.03. The highest BCUT2D eigenvalue weighted by Crippen LogP contribution is 2.26. The zero-order valence-electron chi connectivity index (χ0n) is 11.4. The van der Waals surface area contributed by atoms with Crippen LogP contribution in [0.2, 0.25) is 5.02 Å². The maximum absolute atomic E-state index is 13.0. The monoisotopic (exact) mass is 332 g/mol. The lowest BCUT2D eigenvalue weighted by Gasteiger charge is -2.09. The molecule has 1 aromatic carbocycles. The molecule has 0 aliphatic rings. The molecule has 0 saturated carbocycles. The van der Waals surface area contributed by atoms with E-state index in [9.17, 15) is 12.8 Å². The van der Waals surface area contributed by atoms with Crippen molar-refractivity contribution in [2.75, 3.05) is 11.8 Å². The van der Waals surface area contributed by atoms with E-state index in [0.29, 0.717) is 17.8 Å². The van der Waals surface area contributed by atoms with Crippen LogP contribution in [0.5, 0.6) is 0 Å². The van der Waals surface area contributed by atoms with Gasteiger partial charge in [0.2, 0.25) is 5.03 Å². The van der Waals surface area contributed by atoms with E-state index in [2.05, 4.69) is 20.2 Å². The zero-order valence-corrected chi connectivity index (χ0v) is 12.9. The second-order valence-corrected chi connectivity index (χ2v) is 6.40. The van der Waals surface area contributed by atoms with Crippen molar-refractivity contribution in [3.63, 3.8) is 0 Å². The van der Waals surface area contributed by atoms with Crippen molar-refractivity contribution in [2.45, 2.75) is 18.5 Å². The van der Waals surface area contributed by atoms with Crippen LogP contribution in [0.1, 0.15) is 11.3 Å². The Balaban J connectivity index is 2.39. The molecule has 0 radical (unpaired) electrons. The minimum absolute atomic E-state index is 0.0269. The summed E-state index contributed by atoms with van der Waals surface area (Å²) < 4.78 is 40.0. The molecule has 0 aliphatic carbocycles. The molecule has 9 heteroatoms. The summed E-state index contributed by atoms with van der Waals surface area (Å²) >= 11 is 5.82. The van der Waals surface area contributed by atoms with Gasteiger partial charge in [-0.2, -0.15) is 13.5 Å². The van der Waals surface area contributed by atoms with Crippen LogP contribution in [0, 0.1) is 12.7 Å². The number of H-pyrrole nitrogens is 1. The first-order chi connectivity index (χ1) is 9.85. The van der Waals surface area contributed by atoms with Gasteiger partial charge in [-0.1, -0.05) is 11.6 Å². The molecular formula is C12H14ClFN4O2S. The molecule has 1 heterocycles. The average Bonchev–Trinajstić information content (AvgIpc) is 2.76. The number of aromatic nitrogens is 2. The van der Waals surface area contributed by atoms with Gasteiger partial charge < -0.3 is 5.32 Å². The van der Waals surface area contributed by atoms with E-state index in [-0.39, 0.29) is 15.7 Å². The first-order valence-corrected chi connectivity index (χ1v) is 7.87. The number of aromatic amines is 1. The Kier molecular flexibility index (Phi) is 4.50. The fraction of sp³-hybridized carbons (Fsp3) is 0.250. The lowest BCUT2D eigenvalue weighted by molar-refractivity contribution is 0.594. The topological polar surface area (TPSA) is 86.9 Å². The van der Waals surface area contributed by atoms with Crippen LogP contribution in [-0.4, -0.2) is 25.7 Å². The van der Waals surface area contributed by atoms with Crippen molar-refractivity contribution in [1.82, 2.24) is 15.5 Å². The second kappa shape index (κ2) is 6.00. The van der Waals surface area contributed by atoms with E-state index < -0.39 is 15.8 Å². The van der Waals surface area contributed by atoms with Gasteiger partial charge >= 0.3 is 0 Å². The number of anilines is 1. The minimum atomic E-state index is -3.92. The Labute approximate surface area is 126 Å². The summed E-state index contributed by atoms with van der Waals surface area (Å²) in [5, 5.41) is 9.19. The van der Waals surface area contributed by atoms with Crippen molar-refractivity contribution >= 4 is 27.3 Å². The number of hydrogen-bond acceptors (Lipinski definition) is 4. The average molecular weight is 333 g/mol. The molecule has 0 spiro atoms. The summed E-state index contributed by atoms with van der Waals surface area (Å²) in [5.74, 6) is -0.547. The van der Waals surface area contributed by atoms with Crippen molar-refractivity contribution in [2.24, 2.45) is 0 Å². The Morgan fingerprint density at radius 1 is 1.43 bits per heavy atom. The Hall–Kier alpha value is -1.64. The molecule has 0 atom stereocenters. The Morgan fingerprint density at radius 2 is 2.14 bits per heavy atom. The molecule has 3 N–H and O–H groups in total. The van der Waals surface area contributed by atoms with Crippen LogP contribution < -0.4 is 10.0 Å². The van der Waals surface area contributed by atoms with E-state index in [0.717, 1.165) is 12.1 Å². The minimum Gasteiger partial charge on any atom is -0.316 e. The number of nitrogens with one attached hydrogen (secondary N) is 3. The van der Waals surface area contributed by atoms with Crippen LogP contribution >= 0.6 is 11.6 Å². The molecule has 0 saturated heterocycles. The summed E-state index contributed by atoms with van der Waals surface area (Å²) in [6.07, 6.45) is 0. The first-order valence-electron chi connectivity index (χ1n) is 6.01. The molecule has 21 heavy (non-hydrogen) atoms. The van der Waals surface area contributed by atoms with Crippen LogP contribution in [0.3, 0.4) is 0 Å². The second-order valence-electron chi connectivity index (χ2n) is 4.39. The summed E-state index contributed by atoms with van der Waals surface area (Å²) in [5.41, 5.74) is 1.27. The third-order valence-electron chi connectivity index (χ3n) is 2.82. The van der Waals surface area contributed by atoms with Crippen molar-refractivity contribution in [1.29, 1.82) is 0 Å². The van der Waals surface area contributed by atoms with E-state index in [1.807, 2.05) is 0 Å². The van der Waals surface area contributed by atoms with Gasteiger partial charge in [0.1, 0.15) is 5.82 Å². The summed E-state index contributed by atoms with van der Waals surface area (Å²) in [6, 6.07) is 3.41. The van der Waals surface area contributed by atoms with Gasteiger partial charge in [-0.25, -0.2) is 4.39 Å². The third kappa shape index (κ3) is 3.34. The highest BCUT2D eigenvalue weighted by Gasteiger charge is 2.24. The molecule has 114 valence electrons. The smallest absolute Gasteiger partial charge is 0.281 e. The molecule has 2 rings (SSSR count). The maximum Gasteiger partial charge on any atom is 0.281 e. The highest BCUT2D eigenvalue weighted by atomic mass is 35.5. The van der Waals surface area contributed by atoms with Gasteiger partial charge in [-0.3, -0.25) is 9.82 Å². The molecule has 0 bridgehead atoms. The number of rotatable bonds is 5. The lowest BCUT2D eigenvalue weighted by atomic mass is 10.3. The highest BCUT2D eigenvalue weighted by molar-refractivity contribution is 7.92. The lowest BCUT2D eigenvalue weighted by Crippen LogP contribution is -2.17. The molecule has 0 fully saturated rings. The summed E-state index contributed by atoms with van der Waals surface area (Å²) in [7, 11) is -2.22. The van der Waals surface area contributed by atoms with Crippen LogP contribution in [0.15, 0.2) is 23.2 Å². The SMILES string of the molecule is CNCc1c(S(=O)(=O)Nc2ccc(F)cc2Cl)n[nH]c1C. The van der Waals surface area contributed by atoms with Gasteiger partial charge in [-0.05, 0) is 32.2 Å². The van der Waals surface area contributed by atoms with E-state index in [4.69, 9.17) is 11.6 Å². The van der Waals surface area contributed by atoms with E-state index in [1.54, 1.807) is 14.0 Å². The first kappa shape index (κ1) is 15.7. The third-order valence-corrected chi connectivity index (χ3v) is 4.47. The summed E-state index contributed by atoms with van der Waals surface area (Å²) in [4.78, 5) is 0. The van der Waals surface area contributed by atoms with Gasteiger partial charge in [0.25, 0.3) is 10.0 Å². The van der Waals surface area contributed by atoms with E-state index >= 15 is 0 Å². The molecule has 0 unspecified atom stereocenters. The van der Waals surface area contributed by atoms with Gasteiger partial charge in [0, 0.05) is 17.8 Å². The number of hydrogen-bond donors (Lipinski definition) is 3. The standard InChI is InChI=1S/C12H14ClFN4O2S/c1-7-9(6-15-2)12(17-16-7)21(19,20)18-11-4-3-8(14)5-10(11)13/h3-5,15,18H,6H2,1-2H3,(H,16,17). The number of halogens is 2. The van der Waals surface area contributed by atoms with Crippen LogP contribution in [0.25, 0.3) is 0 Å². The fourth-order valence-corrected chi connectivity index (χ4v) is 3.35. The molecule has 0 amide bonds. The van der Waals surface area contributed by atoms with Crippen LogP contribution in [0.4, 0.5) is 10.1 Å². The quantitative estimate of drug-likeness (QED) is 0.782. The normalized spacial score (nSPS) is 11.6. The predicted molar refractivity (Wildman–Crippen MR) is 78.3 cm³/mol. The fourth-order valence-electron chi connectivity index (χ4n) is 1.80. The van der Waals surface area contributed by atoms with Gasteiger partial charge in [-0.15, -0.1) is 0 Å². The van der Waals surface area contributed by atoms with Gasteiger partial charge in [0.05, 0.1) is 10.7 Å². The number of benzene rings is 1. The van der Waals surface area contributed by atoms with Gasteiger partial charge in [0.15, 0.2) is 0 Å². The maximum atomic E-state index is 13.0. The van der Waals surface area contributed by atoms with Crippen molar-refractivity contribution < 1.29 is 12.8 Å². The molecule has 1 aromatic heterocycles. The van der Waals surface area contributed by atoms with E-state index in [1.165, 1.54) is 6.07 Å². The number of sulfonamides is 1. The largest absolute Gasteiger partial charge is 0.316 e. The Morgan fingerprint density at radius 3 is 2.76 bits per heavy atom. The summed E-state index contributed by atoms with van der Waals surface area (Å²) in [6.45, 7) is 2.07. The molecular weight excluding hydrogens is 319 g/mol. The zero-order chi connectivity index (χ0) is 15.6. The number of aryl methyl sites for hydroxylation is 1. The number of nitrogens with zero attached hydrogens (tertiary/aromatic N) is 1. The van der Waals surface area contributed by atoms with Crippen molar-refractivity contribution in [3.05, 3.63) is 40.3 Å². The van der Waals surface area contributed by atoms with Crippen molar-refractivity contribution in [3.8, 4) is 0 Å². The molecule has 6 nitrogen and oxygen atoms in total. The molecule has 0 aliphatic heterocycles. The van der Waals surface area contributed by atoms with Crippen LogP contribution in [-0.2, 0) is 16.6 Å². The molecule has 2 aromatic rings.